The lowest BCUT2D eigenvalue weighted by molar-refractivity contribution is -0.173. The molecule has 6 heteroatoms. The molecule has 0 fully saturated rings. The second-order valence-corrected chi connectivity index (χ2v) is 4.24. The van der Waals surface area contributed by atoms with Crippen LogP contribution in [0.2, 0.25) is 0 Å². The van der Waals surface area contributed by atoms with Gasteiger partial charge in [0.15, 0.2) is 0 Å². The maximum atomic E-state index is 11.6. The summed E-state index contributed by atoms with van der Waals surface area (Å²) >= 11 is 0. The second kappa shape index (κ2) is 8.66. The quantitative estimate of drug-likeness (QED) is 0.377. The van der Waals surface area contributed by atoms with E-state index in [2.05, 4.69) is 11.3 Å². The minimum absolute atomic E-state index is 0.0379. The number of carbonyl (C=O) groups excluding carboxylic acids is 2. The molecule has 0 bridgehead atoms. The molecule has 0 amide bonds. The summed E-state index contributed by atoms with van der Waals surface area (Å²) in [6.07, 6.45) is -1.29. The Kier molecular flexibility index (Phi) is 8.02. The molecule has 0 radical (unpaired) electrons. The van der Waals surface area contributed by atoms with Gasteiger partial charge in [-0.15, -0.1) is 0 Å². The van der Waals surface area contributed by atoms with Crippen LogP contribution in [0.4, 0.5) is 0 Å². The van der Waals surface area contributed by atoms with Crippen molar-refractivity contribution < 1.29 is 28.5 Å². The Balaban J connectivity index is 4.85. The highest BCUT2D eigenvalue weighted by atomic mass is 16.7. The third-order valence-electron chi connectivity index (χ3n) is 2.57. The van der Waals surface area contributed by atoms with Crippen molar-refractivity contribution in [3.05, 3.63) is 12.2 Å². The summed E-state index contributed by atoms with van der Waals surface area (Å²) in [5, 5.41) is 0. The van der Waals surface area contributed by atoms with Crippen molar-refractivity contribution in [2.24, 2.45) is 5.92 Å². The topological polar surface area (TPSA) is 71.1 Å². The van der Waals surface area contributed by atoms with Crippen molar-refractivity contribution in [3.8, 4) is 0 Å². The third kappa shape index (κ3) is 5.85. The van der Waals surface area contributed by atoms with Crippen LogP contribution in [0, 0.1) is 5.92 Å². The molecule has 0 N–H and O–H groups in total. The van der Waals surface area contributed by atoms with Gasteiger partial charge in [0.05, 0.1) is 19.1 Å². The van der Waals surface area contributed by atoms with Gasteiger partial charge in [-0.25, -0.2) is 4.79 Å². The van der Waals surface area contributed by atoms with Crippen molar-refractivity contribution in [1.82, 2.24) is 0 Å². The molecule has 0 aromatic carbocycles. The van der Waals surface area contributed by atoms with Crippen molar-refractivity contribution >= 4 is 11.9 Å². The molecule has 0 spiro atoms. The van der Waals surface area contributed by atoms with E-state index in [1.807, 2.05) is 0 Å². The SMILES string of the molecule is C=C(C)C(=O)OC(C(C)OCOC)C(C)C(=O)OC. The van der Waals surface area contributed by atoms with Crippen LogP contribution in [-0.4, -0.2) is 45.2 Å². The zero-order chi connectivity index (χ0) is 15.0. The third-order valence-corrected chi connectivity index (χ3v) is 2.57. The first-order chi connectivity index (χ1) is 8.84. The second-order valence-electron chi connectivity index (χ2n) is 4.24. The van der Waals surface area contributed by atoms with E-state index >= 15 is 0 Å². The van der Waals surface area contributed by atoms with Crippen LogP contribution in [0.3, 0.4) is 0 Å². The molecule has 0 aromatic rings. The van der Waals surface area contributed by atoms with Gasteiger partial charge in [-0.1, -0.05) is 6.58 Å². The van der Waals surface area contributed by atoms with Gasteiger partial charge in [0.1, 0.15) is 12.9 Å². The number of carbonyl (C=O) groups is 2. The average molecular weight is 274 g/mol. The van der Waals surface area contributed by atoms with E-state index in [4.69, 9.17) is 14.2 Å². The number of ether oxygens (including phenoxy) is 4. The largest absolute Gasteiger partial charge is 0.469 e. The number of hydrogen-bond donors (Lipinski definition) is 0. The minimum atomic E-state index is -0.771. The molecule has 0 aliphatic heterocycles. The molecule has 0 aromatic heterocycles. The molecule has 0 heterocycles. The van der Waals surface area contributed by atoms with Gasteiger partial charge in [-0.2, -0.15) is 0 Å². The van der Waals surface area contributed by atoms with Gasteiger partial charge in [0, 0.05) is 12.7 Å². The smallest absolute Gasteiger partial charge is 0.333 e. The van der Waals surface area contributed by atoms with E-state index < -0.39 is 30.1 Å². The molecule has 3 atom stereocenters. The number of esters is 2. The molecular formula is C13H22O6. The normalized spacial score (nSPS) is 15.2. The Labute approximate surface area is 113 Å². The average Bonchev–Trinajstić information content (AvgIpc) is 2.39. The molecular weight excluding hydrogens is 252 g/mol. The van der Waals surface area contributed by atoms with E-state index in [1.165, 1.54) is 21.1 Å². The van der Waals surface area contributed by atoms with Crippen LogP contribution in [0.15, 0.2) is 12.2 Å². The van der Waals surface area contributed by atoms with Crippen LogP contribution < -0.4 is 0 Å². The Morgan fingerprint density at radius 2 is 1.79 bits per heavy atom. The molecule has 19 heavy (non-hydrogen) atoms. The molecule has 3 unspecified atom stereocenters. The first kappa shape index (κ1) is 17.6. The predicted molar refractivity (Wildman–Crippen MR) is 68.3 cm³/mol. The van der Waals surface area contributed by atoms with Gasteiger partial charge in [0.2, 0.25) is 0 Å². The van der Waals surface area contributed by atoms with Crippen LogP contribution in [-0.2, 0) is 28.5 Å². The molecule has 0 aliphatic carbocycles. The van der Waals surface area contributed by atoms with Crippen molar-refractivity contribution in [2.75, 3.05) is 21.0 Å². The highest BCUT2D eigenvalue weighted by molar-refractivity contribution is 5.87. The molecule has 110 valence electrons. The number of rotatable bonds is 8. The van der Waals surface area contributed by atoms with Gasteiger partial charge in [-0.05, 0) is 20.8 Å². The maximum absolute atomic E-state index is 11.6. The Bertz CT molecular complexity index is 325. The predicted octanol–water partition coefficient (Wildman–Crippen LogP) is 1.29. The standard InChI is InChI=1S/C13H22O6/c1-8(2)12(14)19-11(9(3)13(15)17-6)10(4)18-7-16-5/h9-11H,1,7H2,2-6H3. The van der Waals surface area contributed by atoms with Crippen molar-refractivity contribution in [1.29, 1.82) is 0 Å². The summed E-state index contributed by atoms with van der Waals surface area (Å²) in [5.74, 6) is -1.71. The van der Waals surface area contributed by atoms with Crippen LogP contribution in [0.5, 0.6) is 0 Å². The highest BCUT2D eigenvalue weighted by Gasteiger charge is 2.33. The summed E-state index contributed by atoms with van der Waals surface area (Å²) in [6.45, 7) is 8.36. The number of methoxy groups -OCH3 is 2. The summed E-state index contributed by atoms with van der Waals surface area (Å²) in [6, 6.07) is 0. The van der Waals surface area contributed by atoms with E-state index in [9.17, 15) is 9.59 Å². The van der Waals surface area contributed by atoms with Gasteiger partial charge in [-0.3, -0.25) is 4.79 Å². The summed E-state index contributed by atoms with van der Waals surface area (Å²) in [7, 11) is 2.75. The van der Waals surface area contributed by atoms with Gasteiger partial charge in [0.25, 0.3) is 0 Å². The van der Waals surface area contributed by atoms with E-state index in [0.717, 1.165) is 0 Å². The van der Waals surface area contributed by atoms with Crippen LogP contribution in [0.25, 0.3) is 0 Å². The lowest BCUT2D eigenvalue weighted by Crippen LogP contribution is -2.41. The van der Waals surface area contributed by atoms with Crippen LogP contribution >= 0.6 is 0 Å². The molecule has 6 nitrogen and oxygen atoms in total. The fraction of sp³-hybridized carbons (Fsp3) is 0.692. The van der Waals surface area contributed by atoms with E-state index in [0.29, 0.717) is 0 Å². The summed E-state index contributed by atoms with van der Waals surface area (Å²) in [4.78, 5) is 23.1. The Morgan fingerprint density at radius 3 is 2.21 bits per heavy atom. The van der Waals surface area contributed by atoms with Crippen molar-refractivity contribution in [2.45, 2.75) is 33.0 Å². The first-order valence-corrected chi connectivity index (χ1v) is 5.90. The summed E-state index contributed by atoms with van der Waals surface area (Å²) < 4.78 is 20.0. The lowest BCUT2D eigenvalue weighted by Gasteiger charge is -2.27. The zero-order valence-corrected chi connectivity index (χ0v) is 12.1. The minimum Gasteiger partial charge on any atom is -0.469 e. The highest BCUT2D eigenvalue weighted by Crippen LogP contribution is 2.17. The van der Waals surface area contributed by atoms with Gasteiger partial charge >= 0.3 is 11.9 Å². The van der Waals surface area contributed by atoms with Gasteiger partial charge < -0.3 is 18.9 Å². The molecule has 0 saturated carbocycles. The fourth-order valence-corrected chi connectivity index (χ4v) is 1.42. The Hall–Kier alpha value is -1.40. The maximum Gasteiger partial charge on any atom is 0.333 e. The molecule has 0 aliphatic rings. The van der Waals surface area contributed by atoms with Crippen LogP contribution in [0.1, 0.15) is 20.8 Å². The molecule has 0 saturated heterocycles. The molecule has 0 rings (SSSR count). The summed E-state index contributed by atoms with van der Waals surface area (Å²) in [5.41, 5.74) is 0.251. The lowest BCUT2D eigenvalue weighted by atomic mass is 10.0. The number of hydrogen-bond acceptors (Lipinski definition) is 6. The van der Waals surface area contributed by atoms with E-state index in [1.54, 1.807) is 13.8 Å². The monoisotopic (exact) mass is 274 g/mol. The van der Waals surface area contributed by atoms with Crippen molar-refractivity contribution in [3.63, 3.8) is 0 Å². The van der Waals surface area contributed by atoms with E-state index in [-0.39, 0.29) is 12.4 Å². The zero-order valence-electron chi connectivity index (χ0n) is 12.1. The first-order valence-electron chi connectivity index (χ1n) is 5.90. The Morgan fingerprint density at radius 1 is 1.21 bits per heavy atom. The fourth-order valence-electron chi connectivity index (χ4n) is 1.42.